The molecule has 0 bridgehead atoms. The van der Waals surface area contributed by atoms with Crippen molar-refractivity contribution in [2.45, 2.75) is 13.8 Å². The second-order valence-electron chi connectivity index (χ2n) is 4.39. The van der Waals surface area contributed by atoms with Gasteiger partial charge >= 0.3 is 6.09 Å². The summed E-state index contributed by atoms with van der Waals surface area (Å²) >= 11 is 0. The maximum absolute atomic E-state index is 10.9. The van der Waals surface area contributed by atoms with Crippen LogP contribution in [-0.2, 0) is 0 Å². The van der Waals surface area contributed by atoms with Crippen molar-refractivity contribution in [1.82, 2.24) is 4.57 Å². The average Bonchev–Trinajstić information content (AvgIpc) is 2.69. The molecular formula is C14H15NO2. The van der Waals surface area contributed by atoms with Gasteiger partial charge in [-0.2, -0.15) is 0 Å². The molecule has 0 fully saturated rings. The van der Waals surface area contributed by atoms with E-state index >= 15 is 0 Å². The molecule has 0 unspecified atom stereocenters. The Hall–Kier alpha value is -2.03. The van der Waals surface area contributed by atoms with Gasteiger partial charge in [-0.05, 0) is 29.7 Å². The van der Waals surface area contributed by atoms with Crippen LogP contribution in [0.5, 0.6) is 0 Å². The van der Waals surface area contributed by atoms with E-state index in [0.29, 0.717) is 5.92 Å². The van der Waals surface area contributed by atoms with Gasteiger partial charge in [-0.15, -0.1) is 0 Å². The summed E-state index contributed by atoms with van der Waals surface area (Å²) in [4.78, 5) is 10.9. The van der Waals surface area contributed by atoms with Crippen LogP contribution in [-0.4, -0.2) is 15.8 Å². The standard InChI is InChI=1S/C14H15NO2/c1-10(2)3-4-11-5-6-13-12(9-11)7-8-15(13)14(16)17/h3-10H,1-2H3,(H,16,17)/b4-3-. The highest BCUT2D eigenvalue weighted by atomic mass is 16.4. The average molecular weight is 229 g/mol. The van der Waals surface area contributed by atoms with Gasteiger partial charge in [-0.3, -0.25) is 4.57 Å². The van der Waals surface area contributed by atoms with E-state index in [9.17, 15) is 4.79 Å². The molecule has 2 aromatic rings. The molecule has 88 valence electrons. The van der Waals surface area contributed by atoms with Crippen molar-refractivity contribution in [2.24, 2.45) is 5.92 Å². The van der Waals surface area contributed by atoms with E-state index < -0.39 is 6.09 Å². The zero-order valence-electron chi connectivity index (χ0n) is 9.92. The number of nitrogens with zero attached hydrogens (tertiary/aromatic N) is 1. The third-order valence-corrected chi connectivity index (χ3v) is 2.59. The van der Waals surface area contributed by atoms with Crippen LogP contribution >= 0.6 is 0 Å². The molecule has 0 atom stereocenters. The third kappa shape index (κ3) is 2.38. The van der Waals surface area contributed by atoms with E-state index in [1.807, 2.05) is 24.3 Å². The molecule has 1 aromatic heterocycles. The second kappa shape index (κ2) is 4.45. The summed E-state index contributed by atoms with van der Waals surface area (Å²) in [5, 5.41) is 9.91. The molecule has 0 saturated carbocycles. The smallest absolute Gasteiger partial charge is 0.415 e. The molecule has 17 heavy (non-hydrogen) atoms. The maximum atomic E-state index is 10.9. The highest BCUT2D eigenvalue weighted by Gasteiger charge is 2.06. The van der Waals surface area contributed by atoms with Gasteiger partial charge in [-0.1, -0.05) is 32.1 Å². The number of carbonyl (C=O) groups is 1. The number of aromatic nitrogens is 1. The molecule has 0 aliphatic heterocycles. The van der Waals surface area contributed by atoms with Gasteiger partial charge in [0.15, 0.2) is 0 Å². The fourth-order valence-corrected chi connectivity index (χ4v) is 1.74. The molecule has 0 spiro atoms. The molecule has 0 radical (unpaired) electrons. The summed E-state index contributed by atoms with van der Waals surface area (Å²) in [5.41, 5.74) is 1.81. The molecule has 0 saturated heterocycles. The Labute approximate surface area is 100.0 Å². The van der Waals surface area contributed by atoms with Crippen molar-refractivity contribution in [3.05, 3.63) is 42.1 Å². The lowest BCUT2D eigenvalue weighted by Crippen LogP contribution is -2.05. The lowest BCUT2D eigenvalue weighted by molar-refractivity contribution is 0.197. The Morgan fingerprint density at radius 1 is 1.35 bits per heavy atom. The van der Waals surface area contributed by atoms with E-state index in [0.717, 1.165) is 16.5 Å². The second-order valence-corrected chi connectivity index (χ2v) is 4.39. The fraction of sp³-hybridized carbons (Fsp3) is 0.214. The van der Waals surface area contributed by atoms with E-state index in [2.05, 4.69) is 26.0 Å². The van der Waals surface area contributed by atoms with Crippen molar-refractivity contribution in [3.8, 4) is 0 Å². The third-order valence-electron chi connectivity index (χ3n) is 2.59. The van der Waals surface area contributed by atoms with Gasteiger partial charge in [0, 0.05) is 11.6 Å². The minimum atomic E-state index is -0.953. The molecule has 3 heteroatoms. The molecule has 3 nitrogen and oxygen atoms in total. The maximum Gasteiger partial charge on any atom is 0.415 e. The first kappa shape index (κ1) is 11.5. The fourth-order valence-electron chi connectivity index (χ4n) is 1.74. The van der Waals surface area contributed by atoms with E-state index in [4.69, 9.17) is 5.11 Å². The number of hydrogen-bond donors (Lipinski definition) is 1. The Bertz CT molecular complexity index is 579. The highest BCUT2D eigenvalue weighted by molar-refractivity contribution is 5.90. The molecule has 1 heterocycles. The van der Waals surface area contributed by atoms with Gasteiger partial charge in [0.2, 0.25) is 0 Å². The summed E-state index contributed by atoms with van der Waals surface area (Å²) in [6.45, 7) is 4.24. The van der Waals surface area contributed by atoms with Crippen LogP contribution in [0.15, 0.2) is 36.5 Å². The van der Waals surface area contributed by atoms with Crippen LogP contribution in [0.4, 0.5) is 4.79 Å². The lowest BCUT2D eigenvalue weighted by atomic mass is 10.1. The monoisotopic (exact) mass is 229 g/mol. The van der Waals surface area contributed by atoms with Gasteiger partial charge in [0.25, 0.3) is 0 Å². The van der Waals surface area contributed by atoms with E-state index in [-0.39, 0.29) is 0 Å². The zero-order valence-corrected chi connectivity index (χ0v) is 9.92. The first-order chi connectivity index (χ1) is 8.08. The normalized spacial score (nSPS) is 11.7. The van der Waals surface area contributed by atoms with Crippen LogP contribution < -0.4 is 0 Å². The topological polar surface area (TPSA) is 42.2 Å². The van der Waals surface area contributed by atoms with Gasteiger partial charge < -0.3 is 5.11 Å². The van der Waals surface area contributed by atoms with Crippen molar-refractivity contribution in [2.75, 3.05) is 0 Å². The summed E-state index contributed by atoms with van der Waals surface area (Å²) in [5.74, 6) is 0.509. The zero-order chi connectivity index (χ0) is 12.4. The minimum Gasteiger partial charge on any atom is -0.464 e. The number of fused-ring (bicyclic) bond motifs is 1. The Morgan fingerprint density at radius 3 is 2.76 bits per heavy atom. The number of hydrogen-bond acceptors (Lipinski definition) is 1. The van der Waals surface area contributed by atoms with Crippen LogP contribution in [0.1, 0.15) is 19.4 Å². The number of carboxylic acid groups (broad SMARTS) is 1. The van der Waals surface area contributed by atoms with Crippen LogP contribution in [0.25, 0.3) is 17.0 Å². The minimum absolute atomic E-state index is 0.509. The predicted octanol–water partition coefficient (Wildman–Crippen LogP) is 3.84. The number of rotatable bonds is 2. The molecule has 2 rings (SSSR count). The molecule has 0 aliphatic rings. The molecule has 0 amide bonds. The van der Waals surface area contributed by atoms with Crippen molar-refractivity contribution < 1.29 is 9.90 Å². The molecule has 0 aliphatic carbocycles. The molecule has 1 aromatic carbocycles. The Morgan fingerprint density at radius 2 is 2.12 bits per heavy atom. The van der Waals surface area contributed by atoms with Gasteiger partial charge in [-0.25, -0.2) is 4.79 Å². The molecule has 1 N–H and O–H groups in total. The summed E-state index contributed by atoms with van der Waals surface area (Å²) in [7, 11) is 0. The van der Waals surface area contributed by atoms with Gasteiger partial charge in [0.05, 0.1) is 5.52 Å². The first-order valence-electron chi connectivity index (χ1n) is 5.60. The predicted molar refractivity (Wildman–Crippen MR) is 69.2 cm³/mol. The van der Waals surface area contributed by atoms with Crippen molar-refractivity contribution >= 4 is 23.1 Å². The Balaban J connectivity index is 2.43. The highest BCUT2D eigenvalue weighted by Crippen LogP contribution is 2.18. The Kier molecular flexibility index (Phi) is 3.00. The van der Waals surface area contributed by atoms with Crippen LogP contribution in [0.3, 0.4) is 0 Å². The summed E-state index contributed by atoms with van der Waals surface area (Å²) < 4.78 is 1.23. The number of benzene rings is 1. The van der Waals surface area contributed by atoms with Crippen LogP contribution in [0.2, 0.25) is 0 Å². The molecular weight excluding hydrogens is 214 g/mol. The quantitative estimate of drug-likeness (QED) is 0.850. The number of allylic oxidation sites excluding steroid dienone is 1. The van der Waals surface area contributed by atoms with Crippen molar-refractivity contribution in [1.29, 1.82) is 0 Å². The SMILES string of the molecule is CC(C)/C=C\c1ccc2c(ccn2C(=O)O)c1. The largest absolute Gasteiger partial charge is 0.464 e. The van der Waals surface area contributed by atoms with Crippen molar-refractivity contribution in [3.63, 3.8) is 0 Å². The summed E-state index contributed by atoms with van der Waals surface area (Å²) in [6, 6.07) is 7.58. The van der Waals surface area contributed by atoms with Gasteiger partial charge in [0.1, 0.15) is 0 Å². The van der Waals surface area contributed by atoms with E-state index in [1.165, 1.54) is 4.57 Å². The first-order valence-corrected chi connectivity index (χ1v) is 5.60. The van der Waals surface area contributed by atoms with E-state index in [1.54, 1.807) is 6.20 Å². The van der Waals surface area contributed by atoms with Crippen LogP contribution in [0, 0.1) is 5.92 Å². The lowest BCUT2D eigenvalue weighted by Gasteiger charge is -1.99. The summed E-state index contributed by atoms with van der Waals surface area (Å²) in [6.07, 6.45) is 4.80.